The molecule has 8 heteroatoms. The Morgan fingerprint density at radius 1 is 1.33 bits per heavy atom. The van der Waals surface area contributed by atoms with E-state index in [-0.39, 0.29) is 0 Å². The van der Waals surface area contributed by atoms with Gasteiger partial charge in [-0.2, -0.15) is 13.2 Å². The Kier molecular flexibility index (Phi) is 4.12. The molecule has 0 amide bonds. The summed E-state index contributed by atoms with van der Waals surface area (Å²) in [5.41, 5.74) is -5.53. The van der Waals surface area contributed by atoms with Crippen molar-refractivity contribution in [1.29, 1.82) is 0 Å². The molecule has 0 aliphatic carbocycles. The Morgan fingerprint density at radius 2 is 1.78 bits per heavy atom. The van der Waals surface area contributed by atoms with E-state index in [4.69, 9.17) is 22.9 Å². The van der Waals surface area contributed by atoms with E-state index in [2.05, 4.69) is 0 Å². The molecule has 0 aromatic heterocycles. The average molecular weight is 198 g/mol. The number of rotatable bonds is 2. The smallest absolute Gasteiger partial charge is 0.266 e. The molecule has 0 bridgehead atoms. The molecule has 0 rings (SSSR count). The van der Waals surface area contributed by atoms with E-state index in [1.54, 1.807) is 4.63 Å². The number of halogens is 5. The van der Waals surface area contributed by atoms with E-state index in [0.717, 1.165) is 0 Å². The van der Waals surface area contributed by atoms with E-state index in [1.165, 1.54) is 0 Å². The van der Waals surface area contributed by atoms with Gasteiger partial charge in [-0.15, -0.1) is 22.9 Å². The van der Waals surface area contributed by atoms with Crippen molar-refractivity contribution in [3.63, 3.8) is 0 Å². The quantitative estimate of drug-likeness (QED) is 0.538. The van der Waals surface area contributed by atoms with Crippen LogP contribution in [0, 0.1) is 0 Å². The van der Waals surface area contributed by atoms with E-state index < -0.39 is 23.1 Å². The summed E-state index contributed by atoms with van der Waals surface area (Å²) in [4.78, 5) is 0. The van der Waals surface area contributed by atoms with E-state index in [9.17, 15) is 13.2 Å². The first-order valence-electron chi connectivity index (χ1n) is 1.70. The fraction of sp³-hybridized carbons (Fsp3) is 1.00. The van der Waals surface area contributed by atoms with E-state index >= 15 is 0 Å². The highest BCUT2D eigenvalue weighted by Crippen LogP contribution is 2.27. The predicted molar refractivity (Wildman–Crippen MR) is 34.2 cm³/mol. The largest absolute Gasteiger partial charge is 0.455 e. The second-order valence-electron chi connectivity index (χ2n) is 0.966. The predicted octanol–water partition coefficient (Wildman–Crippen LogP) is 2.21. The lowest BCUT2D eigenvalue weighted by Crippen LogP contribution is -2.20. The van der Waals surface area contributed by atoms with Crippen molar-refractivity contribution in [2.75, 3.05) is 0 Å². The molecule has 0 atom stereocenters. The van der Waals surface area contributed by atoms with Crippen LogP contribution in [0.2, 0.25) is 0 Å². The monoisotopic (exact) mass is 197 g/mol. The van der Waals surface area contributed by atoms with Gasteiger partial charge < -0.3 is 0 Å². The minimum Gasteiger partial charge on any atom is -0.266 e. The number of nitrogens with one attached hydrogen (secondary N) is 1. The van der Waals surface area contributed by atoms with Crippen LogP contribution in [-0.4, -0.2) is 11.2 Å². The van der Waals surface area contributed by atoms with Crippen molar-refractivity contribution in [1.82, 2.24) is 4.63 Å². The topological polar surface area (TPSA) is 12.0 Å². The van der Waals surface area contributed by atoms with Crippen molar-refractivity contribution >= 4 is 40.5 Å². The molecule has 0 radical (unpaired) electrons. The molecular weight excluding hydrogens is 197 g/mol. The molecular formula is CHBCl2F3NS. The molecule has 0 aromatic rings. The summed E-state index contributed by atoms with van der Waals surface area (Å²) in [6.07, 6.45) is 0. The van der Waals surface area contributed by atoms with Gasteiger partial charge >= 0.3 is 11.2 Å². The first-order chi connectivity index (χ1) is 3.92. The lowest BCUT2D eigenvalue weighted by Gasteiger charge is -2.04. The Morgan fingerprint density at radius 3 is 1.89 bits per heavy atom. The lowest BCUT2D eigenvalue weighted by atomic mass is 10.4. The number of alkyl halides is 3. The molecule has 1 N–H and O–H groups in total. The van der Waals surface area contributed by atoms with E-state index in [0.29, 0.717) is 0 Å². The van der Waals surface area contributed by atoms with Crippen molar-refractivity contribution in [2.45, 2.75) is 5.51 Å². The van der Waals surface area contributed by atoms with E-state index in [1.807, 2.05) is 0 Å². The van der Waals surface area contributed by atoms with Crippen molar-refractivity contribution in [3.05, 3.63) is 0 Å². The zero-order valence-corrected chi connectivity index (χ0v) is 6.20. The van der Waals surface area contributed by atoms with Gasteiger partial charge in [0.2, 0.25) is 0 Å². The maximum atomic E-state index is 11.2. The molecule has 0 fully saturated rings. The highest BCUT2D eigenvalue weighted by Gasteiger charge is 2.29. The van der Waals surface area contributed by atoms with Gasteiger partial charge in [-0.3, -0.25) is 4.63 Å². The van der Waals surface area contributed by atoms with Crippen LogP contribution in [0.5, 0.6) is 0 Å². The SMILES string of the molecule is FC(F)(F)SNB(Cl)Cl. The third kappa shape index (κ3) is 8.74. The van der Waals surface area contributed by atoms with Crippen LogP contribution in [0.1, 0.15) is 0 Å². The standard InChI is InChI=1S/CHBCl2F3NS/c3-2(4)8-9-1(5,6)7/h8H. The van der Waals surface area contributed by atoms with Gasteiger partial charge in [-0.25, -0.2) is 0 Å². The summed E-state index contributed by atoms with van der Waals surface area (Å²) in [5.74, 6) is 0. The molecule has 0 aliphatic rings. The molecule has 0 aliphatic heterocycles. The van der Waals surface area contributed by atoms with Crippen molar-refractivity contribution in [3.8, 4) is 0 Å². The van der Waals surface area contributed by atoms with Crippen molar-refractivity contribution < 1.29 is 13.2 Å². The molecule has 0 aromatic carbocycles. The maximum Gasteiger partial charge on any atom is 0.455 e. The molecule has 9 heavy (non-hydrogen) atoms. The summed E-state index contributed by atoms with van der Waals surface area (Å²) >= 11 is 9.36. The zero-order valence-electron chi connectivity index (χ0n) is 3.88. The first kappa shape index (κ1) is 9.74. The van der Waals surface area contributed by atoms with Crippen LogP contribution >= 0.6 is 34.9 Å². The van der Waals surface area contributed by atoms with Crippen LogP contribution in [0.25, 0.3) is 0 Å². The van der Waals surface area contributed by atoms with Crippen LogP contribution in [0.3, 0.4) is 0 Å². The fourth-order valence-corrected chi connectivity index (χ4v) is 0.601. The summed E-state index contributed by atoms with van der Waals surface area (Å²) < 4.78 is 35.3. The highest BCUT2D eigenvalue weighted by atomic mass is 35.5. The summed E-state index contributed by atoms with van der Waals surface area (Å²) in [7, 11) is 0. The number of hydrogen-bond acceptors (Lipinski definition) is 2. The van der Waals surface area contributed by atoms with Gasteiger partial charge in [0.1, 0.15) is 0 Å². The Hall–Kier alpha value is 0.745. The number of hydrogen-bond donors (Lipinski definition) is 1. The van der Waals surface area contributed by atoms with Crippen molar-refractivity contribution in [2.24, 2.45) is 0 Å². The van der Waals surface area contributed by atoms with Gasteiger partial charge in [-0.05, 0) is 0 Å². The molecule has 0 saturated carbocycles. The Bertz CT molecular complexity index is 86.4. The summed E-state index contributed by atoms with van der Waals surface area (Å²) in [6, 6.07) is 0. The van der Waals surface area contributed by atoms with Gasteiger partial charge in [0.25, 0.3) is 0 Å². The molecule has 54 valence electrons. The third-order valence-corrected chi connectivity index (χ3v) is 1.33. The first-order valence-corrected chi connectivity index (χ1v) is 3.39. The van der Waals surface area contributed by atoms with Crippen LogP contribution in [0.4, 0.5) is 13.2 Å². The van der Waals surface area contributed by atoms with Gasteiger partial charge in [0.15, 0.2) is 0 Å². The zero-order chi connectivity index (χ0) is 7.49. The highest BCUT2D eigenvalue weighted by molar-refractivity contribution is 8.00. The fourth-order valence-electron chi connectivity index (χ4n) is 0.111. The summed E-state index contributed by atoms with van der Waals surface area (Å²) in [5, 5.41) is 0. The third-order valence-electron chi connectivity index (χ3n) is 0.264. The van der Waals surface area contributed by atoms with Gasteiger partial charge in [0, 0.05) is 11.9 Å². The molecule has 0 saturated heterocycles. The Labute approximate surface area is 64.3 Å². The maximum absolute atomic E-state index is 11.2. The van der Waals surface area contributed by atoms with Gasteiger partial charge in [0.05, 0.1) is 0 Å². The normalized spacial score (nSPS) is 11.7. The summed E-state index contributed by atoms with van der Waals surface area (Å²) in [6.45, 7) is 0. The van der Waals surface area contributed by atoms with Crippen LogP contribution < -0.4 is 4.63 Å². The molecule has 0 unspecified atom stereocenters. The molecule has 0 heterocycles. The minimum absolute atomic E-state index is 0.472. The average Bonchev–Trinajstić information content (AvgIpc) is 1.59. The van der Waals surface area contributed by atoms with Crippen LogP contribution in [0.15, 0.2) is 0 Å². The van der Waals surface area contributed by atoms with Gasteiger partial charge in [-0.1, -0.05) is 0 Å². The second kappa shape index (κ2) is 3.80. The second-order valence-corrected chi connectivity index (χ2v) is 2.97. The van der Waals surface area contributed by atoms with Crippen LogP contribution in [-0.2, 0) is 0 Å². The molecule has 0 spiro atoms. The minimum atomic E-state index is -4.33. The Balaban J connectivity index is 3.28. The lowest BCUT2D eigenvalue weighted by molar-refractivity contribution is -0.0331. The molecule has 1 nitrogen and oxygen atoms in total.